The van der Waals surface area contributed by atoms with E-state index < -0.39 is 0 Å². The van der Waals surface area contributed by atoms with Crippen molar-refractivity contribution in [2.24, 2.45) is 17.8 Å². The van der Waals surface area contributed by atoms with Crippen molar-refractivity contribution in [3.05, 3.63) is 0 Å². The molecular weight excluding hydrogens is 194 g/mol. The maximum Gasteiger partial charge on any atom is 0.0655 e. The fourth-order valence-electron chi connectivity index (χ4n) is 3.75. The zero-order valence-corrected chi connectivity index (χ0v) is 10.5. The highest BCUT2D eigenvalue weighted by molar-refractivity contribution is 4.85. The van der Waals surface area contributed by atoms with E-state index in [0.29, 0.717) is 5.92 Å². The smallest absolute Gasteiger partial charge is 0.0655 e. The van der Waals surface area contributed by atoms with Crippen molar-refractivity contribution >= 4 is 0 Å². The average molecular weight is 219 g/mol. The summed E-state index contributed by atoms with van der Waals surface area (Å²) in [7, 11) is 0. The zero-order chi connectivity index (χ0) is 11.2. The maximum atomic E-state index is 8.97. The molecule has 0 N–H and O–H groups in total. The predicted octanol–water partition coefficient (Wildman–Crippen LogP) is 4.68. The van der Waals surface area contributed by atoms with Gasteiger partial charge in [0.1, 0.15) is 0 Å². The van der Waals surface area contributed by atoms with Gasteiger partial charge < -0.3 is 0 Å². The Labute approximate surface area is 100 Å². The quantitative estimate of drug-likeness (QED) is 0.628. The molecule has 0 aliphatic heterocycles. The Balaban J connectivity index is 1.80. The molecule has 0 amide bonds. The molecule has 0 aromatic carbocycles. The van der Waals surface area contributed by atoms with Crippen LogP contribution in [0.1, 0.15) is 70.6 Å². The Morgan fingerprint density at radius 2 is 1.12 bits per heavy atom. The topological polar surface area (TPSA) is 23.8 Å². The van der Waals surface area contributed by atoms with Crippen LogP contribution in [0.2, 0.25) is 0 Å². The van der Waals surface area contributed by atoms with Crippen LogP contribution in [0.15, 0.2) is 0 Å². The van der Waals surface area contributed by atoms with Crippen LogP contribution >= 0.6 is 0 Å². The highest BCUT2D eigenvalue weighted by Crippen LogP contribution is 2.37. The molecule has 1 nitrogen and oxygen atoms in total. The summed E-state index contributed by atoms with van der Waals surface area (Å²) in [6, 6.07) is 2.47. The predicted molar refractivity (Wildman–Crippen MR) is 66.9 cm³/mol. The molecule has 90 valence electrons. The van der Waals surface area contributed by atoms with Gasteiger partial charge in [0.05, 0.1) is 6.07 Å². The Kier molecular flexibility index (Phi) is 4.69. The second kappa shape index (κ2) is 6.28. The highest BCUT2D eigenvalue weighted by Gasteiger charge is 2.25. The van der Waals surface area contributed by atoms with E-state index in [2.05, 4.69) is 6.07 Å². The van der Waals surface area contributed by atoms with Gasteiger partial charge in [-0.15, -0.1) is 0 Å². The van der Waals surface area contributed by atoms with E-state index in [9.17, 15) is 0 Å². The molecule has 1 heteroatoms. The average Bonchev–Trinajstić information content (AvgIpc) is 2.30. The van der Waals surface area contributed by atoms with E-state index >= 15 is 0 Å². The third kappa shape index (κ3) is 3.24. The molecule has 0 unspecified atom stereocenters. The van der Waals surface area contributed by atoms with Crippen LogP contribution in [0.25, 0.3) is 0 Å². The second-order valence-corrected chi connectivity index (χ2v) is 5.85. The van der Waals surface area contributed by atoms with Crippen molar-refractivity contribution in [1.29, 1.82) is 5.26 Å². The van der Waals surface area contributed by atoms with Crippen LogP contribution in [0.5, 0.6) is 0 Å². The van der Waals surface area contributed by atoms with Gasteiger partial charge in [-0.05, 0) is 24.7 Å². The minimum atomic E-state index is 0.368. The SMILES string of the molecule is N#CC1CCCC(C2CCCCC2)CCC1. The molecule has 0 aromatic rings. The van der Waals surface area contributed by atoms with Crippen LogP contribution < -0.4 is 0 Å². The molecule has 2 saturated carbocycles. The summed E-state index contributed by atoms with van der Waals surface area (Å²) in [4.78, 5) is 0. The van der Waals surface area contributed by atoms with E-state index in [1.165, 1.54) is 70.6 Å². The number of nitrogens with zero attached hydrogens (tertiary/aromatic N) is 1. The number of hydrogen-bond donors (Lipinski definition) is 0. The van der Waals surface area contributed by atoms with Gasteiger partial charge in [0.15, 0.2) is 0 Å². The first-order chi connectivity index (χ1) is 7.90. The summed E-state index contributed by atoms with van der Waals surface area (Å²) in [5, 5.41) is 8.97. The van der Waals surface area contributed by atoms with Crippen LogP contribution in [-0.4, -0.2) is 0 Å². The minimum Gasteiger partial charge on any atom is -0.198 e. The van der Waals surface area contributed by atoms with Crippen molar-refractivity contribution < 1.29 is 0 Å². The van der Waals surface area contributed by atoms with Gasteiger partial charge in [0.25, 0.3) is 0 Å². The highest BCUT2D eigenvalue weighted by atomic mass is 14.3. The number of nitriles is 1. The van der Waals surface area contributed by atoms with E-state index in [0.717, 1.165) is 11.8 Å². The Bertz CT molecular complexity index is 224. The van der Waals surface area contributed by atoms with Crippen molar-refractivity contribution in [1.82, 2.24) is 0 Å². The lowest BCUT2D eigenvalue weighted by molar-refractivity contribution is 0.202. The van der Waals surface area contributed by atoms with Crippen LogP contribution in [0.4, 0.5) is 0 Å². The van der Waals surface area contributed by atoms with E-state index in [1.54, 1.807) is 0 Å². The summed E-state index contributed by atoms with van der Waals surface area (Å²) in [5.41, 5.74) is 0. The Morgan fingerprint density at radius 1 is 0.625 bits per heavy atom. The number of rotatable bonds is 1. The van der Waals surface area contributed by atoms with Crippen molar-refractivity contribution in [2.75, 3.05) is 0 Å². The van der Waals surface area contributed by atoms with Crippen molar-refractivity contribution in [2.45, 2.75) is 70.6 Å². The third-order valence-electron chi connectivity index (χ3n) is 4.75. The van der Waals surface area contributed by atoms with Gasteiger partial charge in [0.2, 0.25) is 0 Å². The first-order valence-corrected chi connectivity index (χ1v) is 7.30. The third-order valence-corrected chi connectivity index (χ3v) is 4.75. The second-order valence-electron chi connectivity index (χ2n) is 5.85. The maximum absolute atomic E-state index is 8.97. The summed E-state index contributed by atoms with van der Waals surface area (Å²) in [5.74, 6) is 2.40. The standard InChI is InChI=1S/C15H25N/c16-12-13-6-4-10-15(11-5-7-13)14-8-2-1-3-9-14/h13-15H,1-11H2. The lowest BCUT2D eigenvalue weighted by Crippen LogP contribution is -2.20. The monoisotopic (exact) mass is 219 g/mol. The molecular formula is C15H25N. The van der Waals surface area contributed by atoms with Gasteiger partial charge >= 0.3 is 0 Å². The van der Waals surface area contributed by atoms with E-state index in [4.69, 9.17) is 5.26 Å². The molecule has 2 aliphatic carbocycles. The summed E-state index contributed by atoms with van der Waals surface area (Å²) < 4.78 is 0. The van der Waals surface area contributed by atoms with Crippen LogP contribution in [-0.2, 0) is 0 Å². The summed E-state index contributed by atoms with van der Waals surface area (Å²) in [6.07, 6.45) is 15.2. The van der Waals surface area contributed by atoms with E-state index in [-0.39, 0.29) is 0 Å². The lowest BCUT2D eigenvalue weighted by Gasteiger charge is -2.32. The fraction of sp³-hybridized carbons (Fsp3) is 0.933. The molecule has 0 aromatic heterocycles. The summed E-state index contributed by atoms with van der Waals surface area (Å²) in [6.45, 7) is 0. The van der Waals surface area contributed by atoms with Crippen molar-refractivity contribution in [3.63, 3.8) is 0 Å². The Hall–Kier alpha value is -0.510. The first kappa shape index (κ1) is 12.0. The first-order valence-electron chi connectivity index (χ1n) is 7.30. The Morgan fingerprint density at radius 3 is 1.62 bits per heavy atom. The van der Waals surface area contributed by atoms with Crippen molar-refractivity contribution in [3.8, 4) is 6.07 Å². The van der Waals surface area contributed by atoms with Gasteiger partial charge in [-0.1, -0.05) is 57.8 Å². The fourth-order valence-corrected chi connectivity index (χ4v) is 3.75. The molecule has 0 bridgehead atoms. The molecule has 0 radical (unpaired) electrons. The molecule has 16 heavy (non-hydrogen) atoms. The van der Waals surface area contributed by atoms with Gasteiger partial charge in [-0.3, -0.25) is 0 Å². The minimum absolute atomic E-state index is 0.368. The van der Waals surface area contributed by atoms with Gasteiger partial charge in [-0.25, -0.2) is 0 Å². The summed E-state index contributed by atoms with van der Waals surface area (Å²) >= 11 is 0. The van der Waals surface area contributed by atoms with Gasteiger partial charge in [-0.2, -0.15) is 5.26 Å². The molecule has 0 spiro atoms. The molecule has 0 atom stereocenters. The molecule has 0 saturated heterocycles. The molecule has 0 heterocycles. The van der Waals surface area contributed by atoms with Gasteiger partial charge in [0, 0.05) is 5.92 Å². The normalized spacial score (nSPS) is 33.7. The van der Waals surface area contributed by atoms with Crippen LogP contribution in [0.3, 0.4) is 0 Å². The zero-order valence-electron chi connectivity index (χ0n) is 10.5. The molecule has 2 rings (SSSR count). The van der Waals surface area contributed by atoms with Crippen LogP contribution in [0, 0.1) is 29.1 Å². The lowest BCUT2D eigenvalue weighted by atomic mass is 9.74. The van der Waals surface area contributed by atoms with E-state index in [1.807, 2.05) is 0 Å². The largest absolute Gasteiger partial charge is 0.198 e. The molecule has 2 fully saturated rings. The molecule has 2 aliphatic rings. The number of hydrogen-bond acceptors (Lipinski definition) is 1.